The lowest BCUT2D eigenvalue weighted by atomic mass is 10.1. The van der Waals surface area contributed by atoms with E-state index in [2.05, 4.69) is 4.98 Å². The molecule has 0 bridgehead atoms. The van der Waals surface area contributed by atoms with Crippen molar-refractivity contribution in [1.82, 2.24) is 4.98 Å². The highest BCUT2D eigenvalue weighted by molar-refractivity contribution is 6.31. The van der Waals surface area contributed by atoms with Gasteiger partial charge >= 0.3 is 0 Å². The minimum Gasteiger partial charge on any atom is -0.261 e. The van der Waals surface area contributed by atoms with E-state index in [1.54, 1.807) is 12.1 Å². The zero-order chi connectivity index (χ0) is 9.42. The van der Waals surface area contributed by atoms with E-state index in [4.69, 9.17) is 11.6 Å². The van der Waals surface area contributed by atoms with E-state index < -0.39 is 5.82 Å². The van der Waals surface area contributed by atoms with Crippen LogP contribution in [0.2, 0.25) is 5.02 Å². The maximum absolute atomic E-state index is 13.4. The van der Waals surface area contributed by atoms with Gasteiger partial charge in [-0.2, -0.15) is 0 Å². The third kappa shape index (κ3) is 1.38. The first-order chi connectivity index (χ1) is 6.18. The van der Waals surface area contributed by atoms with Gasteiger partial charge in [0.25, 0.3) is 0 Å². The Bertz CT molecular complexity index is 468. The van der Waals surface area contributed by atoms with Gasteiger partial charge in [0.05, 0.1) is 5.02 Å². The average Bonchev–Trinajstić information content (AvgIpc) is 2.12. The van der Waals surface area contributed by atoms with Crippen LogP contribution in [-0.4, -0.2) is 4.98 Å². The molecule has 1 aromatic carbocycles. The smallest absolute Gasteiger partial charge is 0.151 e. The molecular weight excluding hydrogens is 189 g/mol. The van der Waals surface area contributed by atoms with E-state index in [0.717, 1.165) is 11.1 Å². The summed E-state index contributed by atoms with van der Waals surface area (Å²) in [5, 5.41) is 1.44. The quantitative estimate of drug-likeness (QED) is 0.628. The van der Waals surface area contributed by atoms with E-state index in [9.17, 15) is 4.39 Å². The summed E-state index contributed by atoms with van der Waals surface area (Å²) >= 11 is 5.62. The summed E-state index contributed by atoms with van der Waals surface area (Å²) in [6.45, 7) is 1.87. The van der Waals surface area contributed by atoms with Gasteiger partial charge in [-0.1, -0.05) is 17.7 Å². The fourth-order valence-corrected chi connectivity index (χ4v) is 1.43. The van der Waals surface area contributed by atoms with Crippen molar-refractivity contribution in [1.29, 1.82) is 0 Å². The number of nitrogens with zero attached hydrogens (tertiary/aromatic N) is 1. The van der Waals surface area contributed by atoms with Crippen LogP contribution in [0.1, 0.15) is 5.69 Å². The molecule has 2 rings (SSSR count). The van der Waals surface area contributed by atoms with E-state index >= 15 is 0 Å². The average molecular weight is 196 g/mol. The highest BCUT2D eigenvalue weighted by atomic mass is 35.5. The number of pyridine rings is 1. The van der Waals surface area contributed by atoms with Gasteiger partial charge in [-0.3, -0.25) is 4.98 Å². The normalized spacial score (nSPS) is 10.7. The van der Waals surface area contributed by atoms with Gasteiger partial charge in [-0.05, 0) is 24.4 Å². The summed E-state index contributed by atoms with van der Waals surface area (Å²) in [5.74, 6) is -0.397. The fourth-order valence-electron chi connectivity index (χ4n) is 1.27. The van der Waals surface area contributed by atoms with E-state index in [-0.39, 0.29) is 5.02 Å². The van der Waals surface area contributed by atoms with E-state index in [1.807, 2.05) is 13.0 Å². The minimum atomic E-state index is -0.397. The number of aromatic nitrogens is 1. The van der Waals surface area contributed by atoms with Crippen molar-refractivity contribution in [3.63, 3.8) is 0 Å². The summed E-state index contributed by atoms with van der Waals surface area (Å²) in [6, 6.07) is 5.17. The van der Waals surface area contributed by atoms with Gasteiger partial charge in [-0.15, -0.1) is 0 Å². The fraction of sp³-hybridized carbons (Fsp3) is 0.100. The predicted molar refractivity (Wildman–Crippen MR) is 51.4 cm³/mol. The highest BCUT2D eigenvalue weighted by Crippen LogP contribution is 2.23. The number of hydrogen-bond acceptors (Lipinski definition) is 1. The topological polar surface area (TPSA) is 12.9 Å². The minimum absolute atomic E-state index is 0.137. The molecule has 0 spiro atoms. The zero-order valence-electron chi connectivity index (χ0n) is 7.01. The maximum atomic E-state index is 13.4. The molecule has 13 heavy (non-hydrogen) atoms. The van der Waals surface area contributed by atoms with Crippen LogP contribution < -0.4 is 0 Å². The molecular formula is C10H7ClFN. The zero-order valence-corrected chi connectivity index (χ0v) is 7.77. The third-order valence-corrected chi connectivity index (χ3v) is 2.22. The Morgan fingerprint density at radius 2 is 2.15 bits per heavy atom. The van der Waals surface area contributed by atoms with Crippen LogP contribution >= 0.6 is 11.6 Å². The number of hydrogen-bond donors (Lipinski definition) is 0. The standard InChI is InChI=1S/C10H7ClFN/c1-6-4-7-2-3-9(11)10(12)8(7)5-13-6/h2-5H,1H3. The van der Waals surface area contributed by atoms with Crippen molar-refractivity contribution in [2.75, 3.05) is 0 Å². The molecule has 0 amide bonds. The first-order valence-electron chi connectivity index (χ1n) is 3.89. The molecule has 0 unspecified atom stereocenters. The summed E-state index contributed by atoms with van der Waals surface area (Å²) in [6.07, 6.45) is 1.51. The number of fused-ring (bicyclic) bond motifs is 1. The van der Waals surface area contributed by atoms with E-state index in [1.165, 1.54) is 6.20 Å². The first kappa shape index (κ1) is 8.45. The van der Waals surface area contributed by atoms with Crippen LogP contribution in [0.25, 0.3) is 10.8 Å². The third-order valence-electron chi connectivity index (χ3n) is 1.93. The summed E-state index contributed by atoms with van der Waals surface area (Å²) in [5.41, 5.74) is 0.870. The second-order valence-corrected chi connectivity index (χ2v) is 3.32. The number of halogens is 2. The molecule has 0 saturated heterocycles. The molecule has 66 valence electrons. The van der Waals surface area contributed by atoms with Gasteiger partial charge < -0.3 is 0 Å². The molecule has 1 heterocycles. The van der Waals surface area contributed by atoms with Crippen LogP contribution in [0.5, 0.6) is 0 Å². The van der Waals surface area contributed by atoms with Crippen molar-refractivity contribution in [3.05, 3.63) is 40.9 Å². The summed E-state index contributed by atoms with van der Waals surface area (Å²) < 4.78 is 13.4. The number of aryl methyl sites for hydroxylation is 1. The van der Waals surface area contributed by atoms with E-state index in [0.29, 0.717) is 5.39 Å². The molecule has 1 aromatic heterocycles. The Morgan fingerprint density at radius 3 is 2.92 bits per heavy atom. The number of benzene rings is 1. The van der Waals surface area contributed by atoms with Gasteiger partial charge in [0, 0.05) is 17.3 Å². The van der Waals surface area contributed by atoms with Gasteiger partial charge in [0.1, 0.15) is 0 Å². The van der Waals surface area contributed by atoms with Crippen molar-refractivity contribution < 1.29 is 4.39 Å². The molecule has 2 aromatic rings. The monoisotopic (exact) mass is 195 g/mol. The van der Waals surface area contributed by atoms with Crippen LogP contribution in [0.15, 0.2) is 24.4 Å². The molecule has 1 nitrogen and oxygen atoms in total. The molecule has 3 heteroatoms. The second-order valence-electron chi connectivity index (χ2n) is 2.91. The first-order valence-corrected chi connectivity index (χ1v) is 4.26. The lowest BCUT2D eigenvalue weighted by Crippen LogP contribution is -1.85. The molecule has 0 radical (unpaired) electrons. The van der Waals surface area contributed by atoms with Crippen molar-refractivity contribution in [2.45, 2.75) is 6.92 Å². The molecule has 0 atom stereocenters. The Labute approximate surface area is 80.2 Å². The van der Waals surface area contributed by atoms with Crippen LogP contribution in [0, 0.1) is 12.7 Å². The summed E-state index contributed by atoms with van der Waals surface area (Å²) in [4.78, 5) is 4.01. The van der Waals surface area contributed by atoms with Crippen LogP contribution in [0.4, 0.5) is 4.39 Å². The highest BCUT2D eigenvalue weighted by Gasteiger charge is 2.05. The molecule has 0 aliphatic rings. The van der Waals surface area contributed by atoms with Crippen molar-refractivity contribution in [2.24, 2.45) is 0 Å². The van der Waals surface area contributed by atoms with Crippen LogP contribution in [0.3, 0.4) is 0 Å². The van der Waals surface area contributed by atoms with Gasteiger partial charge in [0.15, 0.2) is 5.82 Å². The Balaban J connectivity index is 2.87. The Morgan fingerprint density at radius 1 is 1.38 bits per heavy atom. The lowest BCUT2D eigenvalue weighted by molar-refractivity contribution is 0.640. The molecule has 0 aliphatic heterocycles. The van der Waals surface area contributed by atoms with Crippen molar-refractivity contribution >= 4 is 22.4 Å². The molecule has 0 saturated carbocycles. The maximum Gasteiger partial charge on any atom is 0.151 e. The lowest BCUT2D eigenvalue weighted by Gasteiger charge is -2.01. The molecule has 0 fully saturated rings. The SMILES string of the molecule is Cc1cc2ccc(Cl)c(F)c2cn1. The van der Waals surface area contributed by atoms with Gasteiger partial charge in [-0.25, -0.2) is 4.39 Å². The largest absolute Gasteiger partial charge is 0.261 e. The number of rotatable bonds is 0. The van der Waals surface area contributed by atoms with Crippen LogP contribution in [-0.2, 0) is 0 Å². The van der Waals surface area contributed by atoms with Gasteiger partial charge in [0.2, 0.25) is 0 Å². The predicted octanol–water partition coefficient (Wildman–Crippen LogP) is 3.34. The Hall–Kier alpha value is -1.15. The Kier molecular flexibility index (Phi) is 1.93. The second kappa shape index (κ2) is 2.96. The molecule has 0 N–H and O–H groups in total. The van der Waals surface area contributed by atoms with Crippen molar-refractivity contribution in [3.8, 4) is 0 Å². The summed E-state index contributed by atoms with van der Waals surface area (Å²) in [7, 11) is 0. The molecule has 0 aliphatic carbocycles.